The number of nitrogens with one attached hydrogen (secondary N) is 3. The van der Waals surface area contributed by atoms with E-state index in [4.69, 9.17) is 0 Å². The molecule has 0 spiro atoms. The normalized spacial score (nSPS) is 18.9. The lowest BCUT2D eigenvalue weighted by atomic mass is 10.2. The van der Waals surface area contributed by atoms with Crippen LogP contribution in [0.3, 0.4) is 0 Å². The molecule has 26 heavy (non-hydrogen) atoms. The molecular formula is C18H37IN6O. The molecule has 0 aromatic rings. The van der Waals surface area contributed by atoms with E-state index in [9.17, 15) is 4.79 Å². The van der Waals surface area contributed by atoms with Crippen molar-refractivity contribution < 1.29 is 4.79 Å². The molecule has 0 bridgehead atoms. The van der Waals surface area contributed by atoms with E-state index in [1.54, 1.807) is 0 Å². The number of halogens is 1. The van der Waals surface area contributed by atoms with Crippen molar-refractivity contribution in [1.82, 2.24) is 25.8 Å². The third-order valence-corrected chi connectivity index (χ3v) is 4.76. The van der Waals surface area contributed by atoms with Gasteiger partial charge in [0.1, 0.15) is 0 Å². The van der Waals surface area contributed by atoms with E-state index in [0.29, 0.717) is 13.1 Å². The third-order valence-electron chi connectivity index (χ3n) is 4.76. The number of aliphatic imine (C=N–C) groups is 1. The Balaban J connectivity index is 0.00000338. The fourth-order valence-electron chi connectivity index (χ4n) is 2.91. The van der Waals surface area contributed by atoms with E-state index in [-0.39, 0.29) is 35.8 Å². The average molecular weight is 480 g/mol. The summed E-state index contributed by atoms with van der Waals surface area (Å²) in [6, 6.07) is 0. The van der Waals surface area contributed by atoms with Crippen LogP contribution in [0.4, 0.5) is 0 Å². The number of amides is 1. The van der Waals surface area contributed by atoms with Gasteiger partial charge in [0.15, 0.2) is 5.96 Å². The van der Waals surface area contributed by atoms with E-state index >= 15 is 0 Å². The Hall–Kier alpha value is -0.610. The van der Waals surface area contributed by atoms with Crippen molar-refractivity contribution in [3.05, 3.63) is 0 Å². The van der Waals surface area contributed by atoms with Crippen LogP contribution in [0.1, 0.15) is 32.6 Å². The molecule has 1 heterocycles. The number of hydrogen-bond acceptors (Lipinski definition) is 4. The number of carbonyl (C=O) groups is 1. The Morgan fingerprint density at radius 3 is 2.38 bits per heavy atom. The summed E-state index contributed by atoms with van der Waals surface area (Å²) < 4.78 is 0. The number of rotatable bonds is 10. The Labute approximate surface area is 175 Å². The van der Waals surface area contributed by atoms with Gasteiger partial charge >= 0.3 is 0 Å². The van der Waals surface area contributed by atoms with Gasteiger partial charge in [-0.2, -0.15) is 0 Å². The molecule has 1 saturated carbocycles. The Morgan fingerprint density at radius 2 is 1.73 bits per heavy atom. The quantitative estimate of drug-likeness (QED) is 0.186. The van der Waals surface area contributed by atoms with Crippen LogP contribution in [0, 0.1) is 5.92 Å². The van der Waals surface area contributed by atoms with Gasteiger partial charge in [-0.3, -0.25) is 9.79 Å². The van der Waals surface area contributed by atoms with Gasteiger partial charge in [0.2, 0.25) is 5.91 Å². The summed E-state index contributed by atoms with van der Waals surface area (Å²) in [5.41, 5.74) is 0. The molecule has 0 aromatic carbocycles. The fourth-order valence-corrected chi connectivity index (χ4v) is 2.91. The number of nitrogens with zero attached hydrogens (tertiary/aromatic N) is 3. The molecule has 2 fully saturated rings. The second kappa shape index (κ2) is 13.5. The van der Waals surface area contributed by atoms with Gasteiger partial charge in [0.05, 0.1) is 0 Å². The molecule has 152 valence electrons. The maximum atomic E-state index is 11.6. The summed E-state index contributed by atoms with van der Waals surface area (Å²) in [6.07, 6.45) is 4.42. The topological polar surface area (TPSA) is 72.0 Å². The molecule has 0 radical (unpaired) electrons. The molecule has 7 nitrogen and oxygen atoms in total. The number of unbranched alkanes of at least 4 members (excludes halogenated alkanes) is 1. The summed E-state index contributed by atoms with van der Waals surface area (Å²) in [5.74, 6) is 1.33. The van der Waals surface area contributed by atoms with Crippen LogP contribution in [0.15, 0.2) is 4.99 Å². The molecule has 0 unspecified atom stereocenters. The van der Waals surface area contributed by atoms with Crippen LogP contribution in [-0.2, 0) is 4.79 Å². The van der Waals surface area contributed by atoms with Crippen LogP contribution in [-0.4, -0.2) is 87.6 Å². The minimum atomic E-state index is 0. The Kier molecular flexibility index (Phi) is 12.2. The molecule has 8 heteroatoms. The van der Waals surface area contributed by atoms with Crippen LogP contribution in [0.25, 0.3) is 0 Å². The first-order chi connectivity index (χ1) is 12.2. The summed E-state index contributed by atoms with van der Waals surface area (Å²) >= 11 is 0. The standard InChI is InChI=1S/C18H36N6O.HI/c1-3-19-18(22-10-9-20-17(25)16-6-7-16)21-8-4-5-11-24-14-12-23(2)13-15-24;/h16H,3-15H2,1-2H3,(H,20,25)(H2,19,21,22);1H. The van der Waals surface area contributed by atoms with Gasteiger partial charge < -0.3 is 25.8 Å². The minimum Gasteiger partial charge on any atom is -0.357 e. The van der Waals surface area contributed by atoms with Gasteiger partial charge in [0.25, 0.3) is 0 Å². The Bertz CT molecular complexity index is 422. The Morgan fingerprint density at radius 1 is 1.04 bits per heavy atom. The second-order valence-electron chi connectivity index (χ2n) is 7.10. The first kappa shape index (κ1) is 23.4. The molecule has 1 aliphatic carbocycles. The van der Waals surface area contributed by atoms with Crippen molar-refractivity contribution in [2.75, 3.05) is 66.0 Å². The van der Waals surface area contributed by atoms with Crippen LogP contribution >= 0.6 is 24.0 Å². The monoisotopic (exact) mass is 480 g/mol. The number of guanidine groups is 1. The minimum absolute atomic E-state index is 0. The van der Waals surface area contributed by atoms with Crippen molar-refractivity contribution in [3.8, 4) is 0 Å². The number of carbonyl (C=O) groups excluding carboxylic acids is 1. The predicted octanol–water partition coefficient (Wildman–Crippen LogP) is 0.713. The number of hydrogen-bond donors (Lipinski definition) is 3. The maximum absolute atomic E-state index is 11.6. The van der Waals surface area contributed by atoms with Crippen molar-refractivity contribution in [1.29, 1.82) is 0 Å². The summed E-state index contributed by atoms with van der Waals surface area (Å²) in [6.45, 7) is 11.1. The van der Waals surface area contributed by atoms with E-state index in [1.165, 1.54) is 39.1 Å². The fraction of sp³-hybridized carbons (Fsp3) is 0.889. The molecule has 0 aromatic heterocycles. The first-order valence-electron chi connectivity index (χ1n) is 9.90. The van der Waals surface area contributed by atoms with E-state index < -0.39 is 0 Å². The van der Waals surface area contributed by atoms with Crippen molar-refractivity contribution in [2.45, 2.75) is 32.6 Å². The van der Waals surface area contributed by atoms with E-state index in [2.05, 4.69) is 44.7 Å². The highest BCUT2D eigenvalue weighted by atomic mass is 127. The zero-order valence-electron chi connectivity index (χ0n) is 16.4. The van der Waals surface area contributed by atoms with Crippen molar-refractivity contribution in [3.63, 3.8) is 0 Å². The smallest absolute Gasteiger partial charge is 0.223 e. The van der Waals surface area contributed by atoms with E-state index in [1.807, 2.05) is 0 Å². The van der Waals surface area contributed by atoms with E-state index in [0.717, 1.165) is 38.3 Å². The van der Waals surface area contributed by atoms with Gasteiger partial charge in [-0.1, -0.05) is 0 Å². The molecule has 1 saturated heterocycles. The summed E-state index contributed by atoms with van der Waals surface area (Å²) in [5, 5.41) is 9.51. The molecule has 0 atom stereocenters. The zero-order chi connectivity index (χ0) is 17.9. The lowest BCUT2D eigenvalue weighted by molar-refractivity contribution is -0.122. The summed E-state index contributed by atoms with van der Waals surface area (Å²) in [4.78, 5) is 21.1. The van der Waals surface area contributed by atoms with Gasteiger partial charge in [-0.15, -0.1) is 24.0 Å². The third kappa shape index (κ3) is 9.91. The molecule has 1 amide bonds. The lowest BCUT2D eigenvalue weighted by Crippen LogP contribution is -2.44. The number of piperazine rings is 1. The molecule has 3 N–H and O–H groups in total. The molecular weight excluding hydrogens is 443 g/mol. The van der Waals surface area contributed by atoms with Crippen LogP contribution in [0.2, 0.25) is 0 Å². The SMILES string of the molecule is CCNC(=NCCCCN1CCN(C)CC1)NCCNC(=O)C1CC1.I. The van der Waals surface area contributed by atoms with Gasteiger partial charge in [-0.05, 0) is 46.2 Å². The largest absolute Gasteiger partial charge is 0.357 e. The average Bonchev–Trinajstić information content (AvgIpc) is 3.45. The van der Waals surface area contributed by atoms with Gasteiger partial charge in [0, 0.05) is 58.3 Å². The lowest BCUT2D eigenvalue weighted by Gasteiger charge is -2.32. The van der Waals surface area contributed by atoms with Crippen molar-refractivity contribution in [2.24, 2.45) is 10.9 Å². The highest BCUT2D eigenvalue weighted by Gasteiger charge is 2.28. The highest BCUT2D eigenvalue weighted by molar-refractivity contribution is 14.0. The van der Waals surface area contributed by atoms with Crippen LogP contribution in [0.5, 0.6) is 0 Å². The maximum Gasteiger partial charge on any atom is 0.223 e. The highest BCUT2D eigenvalue weighted by Crippen LogP contribution is 2.28. The molecule has 2 aliphatic rings. The summed E-state index contributed by atoms with van der Waals surface area (Å²) in [7, 11) is 2.19. The predicted molar refractivity (Wildman–Crippen MR) is 118 cm³/mol. The zero-order valence-corrected chi connectivity index (χ0v) is 18.8. The van der Waals surface area contributed by atoms with Gasteiger partial charge in [-0.25, -0.2) is 0 Å². The van der Waals surface area contributed by atoms with Crippen LogP contribution < -0.4 is 16.0 Å². The molecule has 2 rings (SSSR count). The number of likely N-dealkylation sites (N-methyl/N-ethyl adjacent to an activating group) is 1. The van der Waals surface area contributed by atoms with Crippen molar-refractivity contribution >= 4 is 35.8 Å². The molecule has 1 aliphatic heterocycles. The second-order valence-corrected chi connectivity index (χ2v) is 7.10. The first-order valence-corrected chi connectivity index (χ1v) is 9.90.